The van der Waals surface area contributed by atoms with Gasteiger partial charge in [-0.1, -0.05) is 20.8 Å². The second kappa shape index (κ2) is 5.47. The van der Waals surface area contributed by atoms with Crippen molar-refractivity contribution in [1.82, 2.24) is 0 Å². The van der Waals surface area contributed by atoms with E-state index in [-0.39, 0.29) is 16.9 Å². The van der Waals surface area contributed by atoms with Crippen molar-refractivity contribution in [3.63, 3.8) is 0 Å². The van der Waals surface area contributed by atoms with Crippen LogP contribution in [0.5, 0.6) is 0 Å². The SMILES string of the molecule is CC1(C)[C@H]2CC[C@@]1(C)[C@H](OC(=O)C[C@](O)(CC(=O)O)C(=O)O)C2. The van der Waals surface area contributed by atoms with Gasteiger partial charge in [-0.25, -0.2) is 4.79 Å². The standard InChI is InChI=1S/C16H24O7/c1-14(2)9-4-5-15(14,3)10(6-9)23-12(19)8-16(22,13(20)21)7-11(17)18/h9-10,22H,4-8H2,1-3H3,(H,17,18)(H,20,21)/t9-,10+,15-,16+/m0/s1. The number of aliphatic carboxylic acids is 2. The van der Waals surface area contributed by atoms with Gasteiger partial charge in [0.15, 0.2) is 5.60 Å². The zero-order chi connectivity index (χ0) is 17.6. The van der Waals surface area contributed by atoms with Crippen LogP contribution in [0.2, 0.25) is 0 Å². The zero-order valence-corrected chi connectivity index (χ0v) is 13.7. The molecule has 3 N–H and O–H groups in total. The first kappa shape index (κ1) is 17.7. The van der Waals surface area contributed by atoms with E-state index in [2.05, 4.69) is 20.8 Å². The van der Waals surface area contributed by atoms with Gasteiger partial charge >= 0.3 is 17.9 Å². The minimum absolute atomic E-state index is 0.0299. The fourth-order valence-corrected chi connectivity index (χ4v) is 4.21. The van der Waals surface area contributed by atoms with Gasteiger partial charge < -0.3 is 20.1 Å². The molecule has 2 bridgehead atoms. The van der Waals surface area contributed by atoms with Crippen molar-refractivity contribution in [2.45, 2.75) is 64.6 Å². The van der Waals surface area contributed by atoms with Gasteiger partial charge in [-0.15, -0.1) is 0 Å². The lowest BCUT2D eigenvalue weighted by Crippen LogP contribution is -2.45. The molecule has 0 aliphatic heterocycles. The van der Waals surface area contributed by atoms with Crippen LogP contribution >= 0.6 is 0 Å². The van der Waals surface area contributed by atoms with Gasteiger partial charge in [0.05, 0.1) is 12.8 Å². The summed E-state index contributed by atoms with van der Waals surface area (Å²) in [5.41, 5.74) is -2.79. The van der Waals surface area contributed by atoms with Crippen LogP contribution < -0.4 is 0 Å². The van der Waals surface area contributed by atoms with Crippen molar-refractivity contribution in [3.8, 4) is 0 Å². The molecule has 4 atom stereocenters. The molecule has 2 aliphatic rings. The molecule has 2 rings (SSSR count). The maximum atomic E-state index is 12.1. The largest absolute Gasteiger partial charge is 0.481 e. The molecule has 0 aromatic rings. The minimum atomic E-state index is -2.64. The Morgan fingerprint density at radius 2 is 1.78 bits per heavy atom. The third-order valence-corrected chi connectivity index (χ3v) is 6.27. The van der Waals surface area contributed by atoms with Gasteiger partial charge in [0.25, 0.3) is 0 Å². The quantitative estimate of drug-likeness (QED) is 0.630. The van der Waals surface area contributed by atoms with Gasteiger partial charge in [-0.2, -0.15) is 0 Å². The Morgan fingerprint density at radius 1 is 1.17 bits per heavy atom. The Labute approximate surface area is 134 Å². The molecule has 0 aromatic heterocycles. The molecule has 0 heterocycles. The smallest absolute Gasteiger partial charge is 0.336 e. The van der Waals surface area contributed by atoms with Crippen LogP contribution in [-0.4, -0.2) is 44.9 Å². The number of hydrogen-bond acceptors (Lipinski definition) is 5. The predicted octanol–water partition coefficient (Wildman–Crippen LogP) is 1.42. The Balaban J connectivity index is 2.06. The second-order valence-electron chi connectivity index (χ2n) is 7.67. The molecule has 130 valence electrons. The van der Waals surface area contributed by atoms with Crippen molar-refractivity contribution in [1.29, 1.82) is 0 Å². The highest BCUT2D eigenvalue weighted by molar-refractivity contribution is 5.88. The summed E-state index contributed by atoms with van der Waals surface area (Å²) in [5, 5.41) is 27.6. The summed E-state index contributed by atoms with van der Waals surface area (Å²) in [6.45, 7) is 6.37. The van der Waals surface area contributed by atoms with E-state index in [1.54, 1.807) is 0 Å². The average Bonchev–Trinajstić information content (AvgIpc) is 2.70. The first-order chi connectivity index (χ1) is 10.4. The van der Waals surface area contributed by atoms with Gasteiger partial charge in [-0.05, 0) is 30.6 Å². The van der Waals surface area contributed by atoms with E-state index in [9.17, 15) is 19.5 Å². The molecule has 0 amide bonds. The average molecular weight is 328 g/mol. The molecular weight excluding hydrogens is 304 g/mol. The van der Waals surface area contributed by atoms with Crippen LogP contribution in [0.4, 0.5) is 0 Å². The number of fused-ring (bicyclic) bond motifs is 2. The van der Waals surface area contributed by atoms with Crippen LogP contribution in [0.15, 0.2) is 0 Å². The van der Waals surface area contributed by atoms with Gasteiger partial charge in [-0.3, -0.25) is 9.59 Å². The summed E-state index contributed by atoms with van der Waals surface area (Å²) in [5.74, 6) is -3.65. The van der Waals surface area contributed by atoms with Gasteiger partial charge in [0.1, 0.15) is 6.10 Å². The highest BCUT2D eigenvalue weighted by Crippen LogP contribution is 2.66. The van der Waals surface area contributed by atoms with Crippen LogP contribution in [0, 0.1) is 16.7 Å². The summed E-state index contributed by atoms with van der Waals surface area (Å²) in [6.07, 6.45) is 0.488. The molecule has 7 heteroatoms. The lowest BCUT2D eigenvalue weighted by atomic mass is 9.70. The lowest BCUT2D eigenvalue weighted by Gasteiger charge is -2.38. The first-order valence-electron chi connectivity index (χ1n) is 7.79. The van der Waals surface area contributed by atoms with Gasteiger partial charge in [0, 0.05) is 5.41 Å². The summed E-state index contributed by atoms with van der Waals surface area (Å²) >= 11 is 0. The Kier molecular flexibility index (Phi) is 4.22. The van der Waals surface area contributed by atoms with Crippen LogP contribution in [0.1, 0.15) is 52.9 Å². The Hall–Kier alpha value is -1.63. The molecular formula is C16H24O7. The fraction of sp³-hybridized carbons (Fsp3) is 0.812. The molecule has 2 fully saturated rings. The van der Waals surface area contributed by atoms with E-state index in [0.717, 1.165) is 19.3 Å². The fourth-order valence-electron chi connectivity index (χ4n) is 4.21. The van der Waals surface area contributed by atoms with Gasteiger partial charge in [0.2, 0.25) is 0 Å². The summed E-state index contributed by atoms with van der Waals surface area (Å²) in [6, 6.07) is 0. The predicted molar refractivity (Wildman–Crippen MR) is 78.6 cm³/mol. The third-order valence-electron chi connectivity index (χ3n) is 6.27. The monoisotopic (exact) mass is 328 g/mol. The maximum absolute atomic E-state index is 12.1. The normalized spacial score (nSPS) is 33.9. The van der Waals surface area contributed by atoms with Crippen molar-refractivity contribution in [3.05, 3.63) is 0 Å². The molecule has 7 nitrogen and oxygen atoms in total. The number of rotatable bonds is 6. The number of ether oxygens (including phenoxy) is 1. The number of hydrogen-bond donors (Lipinski definition) is 3. The van der Waals surface area contributed by atoms with Crippen LogP contribution in [-0.2, 0) is 19.1 Å². The van der Waals surface area contributed by atoms with Crippen molar-refractivity contribution < 1.29 is 34.4 Å². The molecule has 0 saturated heterocycles. The number of carbonyl (C=O) groups is 3. The maximum Gasteiger partial charge on any atom is 0.336 e. The summed E-state index contributed by atoms with van der Waals surface area (Å²) < 4.78 is 5.46. The molecule has 0 unspecified atom stereocenters. The molecule has 2 aliphatic carbocycles. The number of carboxylic acid groups (broad SMARTS) is 2. The summed E-state index contributed by atoms with van der Waals surface area (Å²) in [4.78, 5) is 33.9. The minimum Gasteiger partial charge on any atom is -0.481 e. The molecule has 0 radical (unpaired) electrons. The van der Waals surface area contributed by atoms with Crippen molar-refractivity contribution in [2.24, 2.45) is 16.7 Å². The van der Waals surface area contributed by atoms with Crippen molar-refractivity contribution in [2.75, 3.05) is 0 Å². The molecule has 2 saturated carbocycles. The van der Waals surface area contributed by atoms with E-state index in [0.29, 0.717) is 5.92 Å². The number of aliphatic hydroxyl groups is 1. The molecule has 23 heavy (non-hydrogen) atoms. The highest BCUT2D eigenvalue weighted by Gasteiger charge is 2.63. The Bertz CT molecular complexity index is 541. The van der Waals surface area contributed by atoms with E-state index in [4.69, 9.17) is 14.9 Å². The van der Waals surface area contributed by atoms with Crippen LogP contribution in [0.25, 0.3) is 0 Å². The van der Waals surface area contributed by atoms with E-state index >= 15 is 0 Å². The third kappa shape index (κ3) is 2.82. The lowest BCUT2D eigenvalue weighted by molar-refractivity contribution is -0.176. The number of carbonyl (C=O) groups excluding carboxylic acids is 1. The summed E-state index contributed by atoms with van der Waals surface area (Å²) in [7, 11) is 0. The van der Waals surface area contributed by atoms with Crippen LogP contribution in [0.3, 0.4) is 0 Å². The van der Waals surface area contributed by atoms with E-state index in [1.807, 2.05) is 0 Å². The second-order valence-corrected chi connectivity index (χ2v) is 7.67. The molecule has 0 spiro atoms. The zero-order valence-electron chi connectivity index (χ0n) is 13.7. The van der Waals surface area contributed by atoms with Crippen molar-refractivity contribution >= 4 is 17.9 Å². The number of carboxylic acids is 2. The Morgan fingerprint density at radius 3 is 2.17 bits per heavy atom. The van der Waals surface area contributed by atoms with E-state index in [1.165, 1.54) is 0 Å². The first-order valence-corrected chi connectivity index (χ1v) is 7.79. The molecule has 0 aromatic carbocycles. The highest BCUT2D eigenvalue weighted by atomic mass is 16.5. The van der Waals surface area contributed by atoms with E-state index < -0.39 is 36.4 Å². The topological polar surface area (TPSA) is 121 Å². The number of esters is 1.